The third-order valence-electron chi connectivity index (χ3n) is 4.15. The zero-order valence-electron chi connectivity index (χ0n) is 15.6. The Labute approximate surface area is 175 Å². The number of rotatable bonds is 5. The fraction of sp³-hybridized carbons (Fsp3) is 0.190. The topological polar surface area (TPSA) is 38.3 Å². The number of amides is 1. The molecule has 29 heavy (non-hydrogen) atoms. The Balaban J connectivity index is 1.67. The number of thiophene rings is 1. The Bertz CT molecular complexity index is 1050. The van der Waals surface area contributed by atoms with Crippen molar-refractivity contribution in [3.8, 4) is 5.75 Å². The molecule has 0 fully saturated rings. The molecule has 152 valence electrons. The van der Waals surface area contributed by atoms with Gasteiger partial charge in [-0.25, -0.2) is 0 Å². The summed E-state index contributed by atoms with van der Waals surface area (Å²) in [5.41, 5.74) is 1.91. The highest BCUT2D eigenvalue weighted by atomic mass is 35.5. The maximum atomic E-state index is 13.0. The van der Waals surface area contributed by atoms with E-state index in [4.69, 9.17) is 16.3 Å². The van der Waals surface area contributed by atoms with Crippen molar-refractivity contribution < 1.29 is 22.7 Å². The number of carbonyl (C=O) groups is 1. The molecule has 1 heterocycles. The van der Waals surface area contributed by atoms with Crippen molar-refractivity contribution in [2.75, 3.05) is 5.32 Å². The van der Waals surface area contributed by atoms with Gasteiger partial charge in [0.05, 0.1) is 15.5 Å². The quantitative estimate of drug-likeness (QED) is 0.471. The second kappa shape index (κ2) is 8.47. The van der Waals surface area contributed by atoms with Crippen LogP contribution in [-0.4, -0.2) is 5.91 Å². The van der Waals surface area contributed by atoms with Crippen molar-refractivity contribution in [3.63, 3.8) is 0 Å². The van der Waals surface area contributed by atoms with Gasteiger partial charge in [0.1, 0.15) is 12.4 Å². The van der Waals surface area contributed by atoms with Gasteiger partial charge >= 0.3 is 6.18 Å². The molecule has 0 saturated carbocycles. The van der Waals surface area contributed by atoms with E-state index in [1.165, 1.54) is 17.4 Å². The summed E-state index contributed by atoms with van der Waals surface area (Å²) in [4.78, 5) is 12.8. The van der Waals surface area contributed by atoms with Crippen molar-refractivity contribution in [1.29, 1.82) is 0 Å². The van der Waals surface area contributed by atoms with E-state index in [-0.39, 0.29) is 12.3 Å². The van der Waals surface area contributed by atoms with Crippen molar-refractivity contribution in [3.05, 3.63) is 80.0 Å². The number of halogens is 4. The second-order valence-electron chi connectivity index (χ2n) is 6.52. The highest BCUT2D eigenvalue weighted by molar-refractivity contribution is 7.12. The standard InChI is InChI=1S/C21H17ClF3NO2S/c1-12-3-4-13(2)18(7-12)28-10-14-8-19(29-11-14)20(27)26-15-5-6-17(22)16(9-15)21(23,24)25/h3-9,11H,10H2,1-2H3,(H,26,27). The Morgan fingerprint density at radius 1 is 1.14 bits per heavy atom. The molecule has 0 saturated heterocycles. The third-order valence-corrected chi connectivity index (χ3v) is 5.45. The van der Waals surface area contributed by atoms with Crippen LogP contribution in [-0.2, 0) is 12.8 Å². The van der Waals surface area contributed by atoms with Gasteiger partial charge in [-0.15, -0.1) is 11.3 Å². The molecule has 8 heteroatoms. The number of hydrogen-bond acceptors (Lipinski definition) is 3. The van der Waals surface area contributed by atoms with E-state index in [9.17, 15) is 18.0 Å². The van der Waals surface area contributed by atoms with E-state index in [0.29, 0.717) is 4.88 Å². The molecule has 3 rings (SSSR count). The Kier molecular flexibility index (Phi) is 6.19. The van der Waals surface area contributed by atoms with Crippen LogP contribution in [0.3, 0.4) is 0 Å². The van der Waals surface area contributed by atoms with E-state index in [1.807, 2.05) is 32.0 Å². The fourth-order valence-electron chi connectivity index (χ4n) is 2.61. The molecule has 0 bridgehead atoms. The molecule has 1 N–H and O–H groups in total. The van der Waals surface area contributed by atoms with Crippen LogP contribution in [0, 0.1) is 13.8 Å². The van der Waals surface area contributed by atoms with Crippen LogP contribution in [0.5, 0.6) is 5.75 Å². The highest BCUT2D eigenvalue weighted by Gasteiger charge is 2.33. The summed E-state index contributed by atoms with van der Waals surface area (Å²) in [6, 6.07) is 10.8. The molecule has 1 aromatic heterocycles. The van der Waals surface area contributed by atoms with Gasteiger partial charge in [-0.1, -0.05) is 23.7 Å². The first-order chi connectivity index (χ1) is 13.6. The van der Waals surface area contributed by atoms with Gasteiger partial charge in [0.2, 0.25) is 0 Å². The van der Waals surface area contributed by atoms with Gasteiger partial charge in [0.15, 0.2) is 0 Å². The predicted octanol–water partition coefficient (Wildman–Crippen LogP) is 6.87. The predicted molar refractivity (Wildman–Crippen MR) is 109 cm³/mol. The lowest BCUT2D eigenvalue weighted by Gasteiger charge is -2.11. The number of hydrogen-bond donors (Lipinski definition) is 1. The van der Waals surface area contributed by atoms with Crippen LogP contribution in [0.4, 0.5) is 18.9 Å². The van der Waals surface area contributed by atoms with Gasteiger partial charge in [-0.3, -0.25) is 4.79 Å². The van der Waals surface area contributed by atoms with Gasteiger partial charge in [0.25, 0.3) is 5.91 Å². The second-order valence-corrected chi connectivity index (χ2v) is 7.84. The van der Waals surface area contributed by atoms with Crippen molar-refractivity contribution >= 4 is 34.5 Å². The molecular weight excluding hydrogens is 423 g/mol. The van der Waals surface area contributed by atoms with E-state index in [2.05, 4.69) is 5.32 Å². The summed E-state index contributed by atoms with van der Waals surface area (Å²) < 4.78 is 44.7. The molecule has 0 unspecified atom stereocenters. The van der Waals surface area contributed by atoms with Crippen molar-refractivity contribution in [2.45, 2.75) is 26.6 Å². The lowest BCUT2D eigenvalue weighted by atomic mass is 10.1. The molecular formula is C21H17ClF3NO2S. The molecule has 3 aromatic rings. The zero-order chi connectivity index (χ0) is 21.2. The summed E-state index contributed by atoms with van der Waals surface area (Å²) in [6.07, 6.45) is -4.60. The van der Waals surface area contributed by atoms with Crippen molar-refractivity contribution in [2.24, 2.45) is 0 Å². The third kappa shape index (κ3) is 5.31. The average molecular weight is 440 g/mol. The molecule has 0 aliphatic heterocycles. The number of nitrogens with one attached hydrogen (secondary N) is 1. The number of carbonyl (C=O) groups excluding carboxylic acids is 1. The van der Waals surface area contributed by atoms with E-state index < -0.39 is 22.7 Å². The van der Waals surface area contributed by atoms with Crippen LogP contribution in [0.25, 0.3) is 0 Å². The number of benzene rings is 2. The summed E-state index contributed by atoms with van der Waals surface area (Å²) >= 11 is 6.79. The SMILES string of the molecule is Cc1ccc(C)c(OCc2csc(C(=O)Nc3ccc(Cl)c(C(F)(F)F)c3)c2)c1. The van der Waals surface area contributed by atoms with Gasteiger partial charge < -0.3 is 10.1 Å². The molecule has 3 nitrogen and oxygen atoms in total. The largest absolute Gasteiger partial charge is 0.489 e. The summed E-state index contributed by atoms with van der Waals surface area (Å²) in [5.74, 6) is 0.270. The lowest BCUT2D eigenvalue weighted by molar-refractivity contribution is -0.137. The number of anilines is 1. The first-order valence-electron chi connectivity index (χ1n) is 8.59. The van der Waals surface area contributed by atoms with Gasteiger partial charge in [-0.05, 0) is 60.7 Å². The Morgan fingerprint density at radius 3 is 2.62 bits per heavy atom. The highest BCUT2D eigenvalue weighted by Crippen LogP contribution is 2.36. The van der Waals surface area contributed by atoms with Crippen LogP contribution >= 0.6 is 22.9 Å². The molecule has 2 aromatic carbocycles. The Hall–Kier alpha value is -2.51. The number of ether oxygens (including phenoxy) is 1. The molecule has 1 amide bonds. The van der Waals surface area contributed by atoms with Crippen LogP contribution in [0.2, 0.25) is 5.02 Å². The maximum Gasteiger partial charge on any atom is 0.417 e. The van der Waals surface area contributed by atoms with E-state index >= 15 is 0 Å². The molecule has 0 aliphatic carbocycles. The van der Waals surface area contributed by atoms with Crippen molar-refractivity contribution in [1.82, 2.24) is 0 Å². The summed E-state index contributed by atoms with van der Waals surface area (Å²) in [6.45, 7) is 4.20. The van der Waals surface area contributed by atoms with Crippen LogP contribution in [0.1, 0.15) is 31.9 Å². The molecule has 0 radical (unpaired) electrons. The monoisotopic (exact) mass is 439 g/mol. The lowest BCUT2D eigenvalue weighted by Crippen LogP contribution is -2.12. The first-order valence-corrected chi connectivity index (χ1v) is 9.85. The maximum absolute atomic E-state index is 13.0. The fourth-order valence-corrected chi connectivity index (χ4v) is 3.62. The van der Waals surface area contributed by atoms with Gasteiger partial charge in [-0.2, -0.15) is 13.2 Å². The first kappa shape index (κ1) is 21.2. The Morgan fingerprint density at radius 2 is 1.90 bits per heavy atom. The molecule has 0 aliphatic rings. The van der Waals surface area contributed by atoms with E-state index in [1.54, 1.807) is 11.4 Å². The van der Waals surface area contributed by atoms with Crippen LogP contribution < -0.4 is 10.1 Å². The minimum Gasteiger partial charge on any atom is -0.489 e. The number of aryl methyl sites for hydroxylation is 2. The van der Waals surface area contributed by atoms with Gasteiger partial charge in [0, 0.05) is 11.3 Å². The molecule has 0 spiro atoms. The normalized spacial score (nSPS) is 11.4. The smallest absolute Gasteiger partial charge is 0.417 e. The van der Waals surface area contributed by atoms with Crippen LogP contribution in [0.15, 0.2) is 47.8 Å². The number of alkyl halides is 3. The minimum atomic E-state index is -4.60. The molecule has 0 atom stereocenters. The minimum absolute atomic E-state index is 0.0216. The zero-order valence-corrected chi connectivity index (χ0v) is 17.1. The van der Waals surface area contributed by atoms with E-state index in [0.717, 1.165) is 34.6 Å². The summed E-state index contributed by atoms with van der Waals surface area (Å²) in [5, 5.41) is 3.84. The average Bonchev–Trinajstić information content (AvgIpc) is 3.12. The summed E-state index contributed by atoms with van der Waals surface area (Å²) in [7, 11) is 0.